The van der Waals surface area contributed by atoms with Crippen molar-refractivity contribution in [2.45, 2.75) is 85.0 Å². The fourth-order valence-corrected chi connectivity index (χ4v) is 7.19. The van der Waals surface area contributed by atoms with E-state index in [9.17, 15) is 57.5 Å². The van der Waals surface area contributed by atoms with Crippen molar-refractivity contribution < 1.29 is 143 Å². The summed E-state index contributed by atoms with van der Waals surface area (Å²) in [5.41, 5.74) is 0. The Morgan fingerprint density at radius 2 is 0.381 bits per heavy atom. The van der Waals surface area contributed by atoms with Crippen molar-refractivity contribution in [1.82, 2.24) is 37.2 Å². The Kier molecular flexibility index (Phi) is 82.0. The molecule has 0 saturated heterocycles. The van der Waals surface area contributed by atoms with Crippen LogP contribution < -0.4 is 37.2 Å². The standard InChI is InChI=1S/C29H53N3O13.C23H42N2O10.C16H30N2O7/c1-25(33)31-7-11-40-15-17-42-21-26(34)6-4-10-39-14-20-45-24-29(37)32-8-12-41-16-18-43-22-27(35)5-3-9-38-13-19-44-23-28(36)30-2;1-20(26)5-3-8-30-12-16-35-19-23(29)25-7-10-32-13-14-33-17-21(27)6-4-9-31-11-15-34-18-22(28)24-2;1-14(19)18-5-7-23-9-10-24-12-15(20)4-3-6-22-8-11-25-13-16(21)17-2/h3-24H2,1-2H3,(H,30,36)(H,31,33)(H,32,37);3-19H2,1-2H3,(H,24,28)(H,25,29);3-13H2,1-2H3,(H,17,21)(H,18,19). The molecule has 0 aliphatic heterocycles. The van der Waals surface area contributed by atoms with Crippen LogP contribution in [0.3, 0.4) is 0 Å². The minimum atomic E-state index is -0.274. The molecule has 0 atom stereocenters. The molecule has 37 heteroatoms. The maximum atomic E-state index is 11.8. The number of ketones is 5. The number of hydrogen-bond donors (Lipinski definition) is 7. The lowest BCUT2D eigenvalue weighted by Crippen LogP contribution is -2.31. The van der Waals surface area contributed by atoms with E-state index in [0.29, 0.717) is 249 Å². The van der Waals surface area contributed by atoms with Crippen LogP contribution in [0.1, 0.15) is 85.0 Å². The second kappa shape index (κ2) is 83.6. The lowest BCUT2D eigenvalue weighted by atomic mass is 10.2. The number of hydrogen-bond acceptors (Lipinski definition) is 30. The van der Waals surface area contributed by atoms with Gasteiger partial charge in [-0.25, -0.2) is 0 Å². The zero-order valence-electron chi connectivity index (χ0n) is 63.1. The Balaban J connectivity index is -0.00000155. The molecule has 7 amide bonds. The summed E-state index contributed by atoms with van der Waals surface area (Å²) in [6.07, 6.45) is 4.98. The quantitative estimate of drug-likeness (QED) is 0.0317. The second-order valence-electron chi connectivity index (χ2n) is 22.0. The van der Waals surface area contributed by atoms with Crippen LogP contribution in [0.2, 0.25) is 0 Å². The highest BCUT2D eigenvalue weighted by Crippen LogP contribution is 1.99. The normalized spacial score (nSPS) is 10.8. The summed E-state index contributed by atoms with van der Waals surface area (Å²) in [4.78, 5) is 135. The highest BCUT2D eigenvalue weighted by atomic mass is 16.6. The van der Waals surface area contributed by atoms with Crippen molar-refractivity contribution in [2.24, 2.45) is 0 Å². The predicted octanol–water partition coefficient (Wildman–Crippen LogP) is -2.23. The highest BCUT2D eigenvalue weighted by molar-refractivity contribution is 5.81. The van der Waals surface area contributed by atoms with Gasteiger partial charge in [0, 0.05) is 126 Å². The number of amides is 7. The van der Waals surface area contributed by atoms with Crippen LogP contribution in [0.15, 0.2) is 0 Å². The molecule has 37 nitrogen and oxygen atoms in total. The van der Waals surface area contributed by atoms with E-state index in [1.54, 1.807) is 21.0 Å². The van der Waals surface area contributed by atoms with Crippen molar-refractivity contribution in [3.8, 4) is 0 Å². The predicted molar refractivity (Wildman–Crippen MR) is 377 cm³/mol. The molecule has 0 aromatic carbocycles. The molecule has 7 N–H and O–H groups in total. The van der Waals surface area contributed by atoms with Crippen molar-refractivity contribution in [1.29, 1.82) is 0 Å². The van der Waals surface area contributed by atoms with Gasteiger partial charge in [-0.2, -0.15) is 0 Å². The van der Waals surface area contributed by atoms with Crippen LogP contribution in [0.4, 0.5) is 0 Å². The minimum absolute atomic E-state index is 0.00382. The molecule has 0 fully saturated rings. The minimum Gasteiger partial charge on any atom is -0.379 e. The first-order valence-electron chi connectivity index (χ1n) is 35.5. The van der Waals surface area contributed by atoms with E-state index < -0.39 is 0 Å². The number of likely N-dealkylation sites (N-methyl/N-ethyl adjacent to an activating group) is 3. The van der Waals surface area contributed by atoms with Gasteiger partial charge in [0.05, 0.1) is 145 Å². The molecule has 612 valence electrons. The number of Topliss-reactive ketones (excluding diaryl/α,β-unsaturated/α-hetero) is 5. The summed E-state index contributed by atoms with van der Waals surface area (Å²) in [6.45, 7) is 15.5. The van der Waals surface area contributed by atoms with E-state index in [1.165, 1.54) is 20.9 Å². The second-order valence-corrected chi connectivity index (χ2v) is 22.0. The maximum absolute atomic E-state index is 11.8. The number of ether oxygens (including phenoxy) is 18. The van der Waals surface area contributed by atoms with E-state index in [4.69, 9.17) is 85.3 Å². The molecule has 0 bridgehead atoms. The highest BCUT2D eigenvalue weighted by Gasteiger charge is 2.09. The zero-order chi connectivity index (χ0) is 78.0. The lowest BCUT2D eigenvalue weighted by molar-refractivity contribution is -0.127. The van der Waals surface area contributed by atoms with Gasteiger partial charge in [0.1, 0.15) is 65.2 Å². The summed E-state index contributed by atoms with van der Waals surface area (Å²) < 4.78 is 94.6. The van der Waals surface area contributed by atoms with Gasteiger partial charge in [0.2, 0.25) is 41.4 Å². The van der Waals surface area contributed by atoms with Gasteiger partial charge in [-0.3, -0.25) is 52.7 Å². The van der Waals surface area contributed by atoms with E-state index in [0.717, 1.165) is 0 Å². The van der Waals surface area contributed by atoms with Gasteiger partial charge in [0.25, 0.3) is 0 Å². The Labute approximate surface area is 618 Å². The monoisotopic (exact) mass is 1520 g/mol. The SMILES string of the molecule is CNC(=O)COCCOCCCC(=O)COCCOCCNC(=O)COCCOCCCC(=O)COCCOCCNC(C)=O.CNC(=O)COCCOCCCC(=O)COCCOCCNC(=O)COCCOCCCC(C)=O.CNC(=O)COCCOCCCC(=O)COCCOCCNC(C)=O. The van der Waals surface area contributed by atoms with Crippen molar-refractivity contribution in [3.05, 3.63) is 0 Å². The molecule has 0 aliphatic carbocycles. The summed E-state index contributed by atoms with van der Waals surface area (Å²) >= 11 is 0. The third-order valence-corrected chi connectivity index (χ3v) is 12.6. The van der Waals surface area contributed by atoms with Crippen LogP contribution in [0.25, 0.3) is 0 Å². The van der Waals surface area contributed by atoms with Gasteiger partial charge in [-0.05, 0) is 39.0 Å². The molecule has 0 radical (unpaired) electrons. The van der Waals surface area contributed by atoms with Gasteiger partial charge in [-0.1, -0.05) is 0 Å². The van der Waals surface area contributed by atoms with Crippen molar-refractivity contribution in [2.75, 3.05) is 285 Å². The van der Waals surface area contributed by atoms with Crippen molar-refractivity contribution >= 4 is 70.3 Å². The third kappa shape index (κ3) is 92.1. The Hall–Kier alpha value is -6.08. The first-order valence-corrected chi connectivity index (χ1v) is 35.5. The van der Waals surface area contributed by atoms with Crippen LogP contribution >= 0.6 is 0 Å². The summed E-state index contributed by atoms with van der Waals surface area (Å²) in [7, 11) is 4.62. The summed E-state index contributed by atoms with van der Waals surface area (Å²) in [6, 6.07) is 0. The number of carbonyl (C=O) groups is 12. The third-order valence-electron chi connectivity index (χ3n) is 12.6. The fraction of sp³-hybridized carbons (Fsp3) is 0.824. The molecule has 0 aromatic heterocycles. The van der Waals surface area contributed by atoms with E-state index in [1.807, 2.05) is 0 Å². The smallest absolute Gasteiger partial charge is 0.246 e. The van der Waals surface area contributed by atoms with E-state index in [-0.39, 0.29) is 150 Å². The van der Waals surface area contributed by atoms with Crippen molar-refractivity contribution in [3.63, 3.8) is 0 Å². The van der Waals surface area contributed by atoms with Crippen LogP contribution in [-0.4, -0.2) is 355 Å². The molecule has 0 unspecified atom stereocenters. The first-order chi connectivity index (χ1) is 50.9. The van der Waals surface area contributed by atoms with Gasteiger partial charge < -0.3 is 127 Å². The largest absolute Gasteiger partial charge is 0.379 e. The summed E-state index contributed by atoms with van der Waals surface area (Å²) in [5.74, 6) is -1.19. The average Bonchev–Trinajstić information content (AvgIpc) is 3.61. The summed E-state index contributed by atoms with van der Waals surface area (Å²) in [5, 5.41) is 17.9. The first kappa shape index (κ1) is 103. The Morgan fingerprint density at radius 1 is 0.200 bits per heavy atom. The topological polar surface area (TPSA) is 455 Å². The molecular weight excluding hydrogens is 1390 g/mol. The molecule has 0 saturated carbocycles. The molecular formula is C68H125N7O30. The Bertz CT molecular complexity index is 2190. The molecule has 0 aliphatic rings. The number of nitrogens with one attached hydrogen (secondary N) is 7. The number of carbonyl (C=O) groups excluding carboxylic acids is 12. The number of rotatable bonds is 77. The molecule has 0 aromatic rings. The lowest BCUT2D eigenvalue weighted by Gasteiger charge is -2.08. The molecule has 105 heavy (non-hydrogen) atoms. The van der Waals surface area contributed by atoms with Crippen LogP contribution in [0.5, 0.6) is 0 Å². The van der Waals surface area contributed by atoms with Crippen LogP contribution in [-0.2, 0) is 143 Å². The molecule has 0 heterocycles. The van der Waals surface area contributed by atoms with Crippen LogP contribution in [0, 0.1) is 0 Å². The van der Waals surface area contributed by atoms with E-state index >= 15 is 0 Å². The average molecular weight is 1520 g/mol. The van der Waals surface area contributed by atoms with Gasteiger partial charge >= 0.3 is 0 Å². The molecule has 0 rings (SSSR count). The zero-order valence-corrected chi connectivity index (χ0v) is 63.1. The Morgan fingerprint density at radius 3 is 0.590 bits per heavy atom. The van der Waals surface area contributed by atoms with E-state index in [2.05, 4.69) is 37.2 Å². The molecule has 0 spiro atoms. The van der Waals surface area contributed by atoms with Gasteiger partial charge in [0.15, 0.2) is 23.1 Å². The van der Waals surface area contributed by atoms with Gasteiger partial charge in [-0.15, -0.1) is 0 Å². The maximum Gasteiger partial charge on any atom is 0.246 e. The fourth-order valence-electron chi connectivity index (χ4n) is 7.19.